The largest absolute Gasteiger partial charge is 0.507 e. The van der Waals surface area contributed by atoms with Crippen molar-refractivity contribution in [3.05, 3.63) is 34.6 Å². The van der Waals surface area contributed by atoms with Gasteiger partial charge < -0.3 is 9.52 Å². The van der Waals surface area contributed by atoms with Crippen LogP contribution >= 0.6 is 0 Å². The van der Waals surface area contributed by atoms with Crippen LogP contribution in [0.5, 0.6) is 5.75 Å². The van der Waals surface area contributed by atoms with Gasteiger partial charge in [-0.25, -0.2) is 4.39 Å². The van der Waals surface area contributed by atoms with Crippen LogP contribution in [0.15, 0.2) is 16.5 Å². The normalized spacial score (nSPS) is 15.7. The molecular weight excluding hydrogens is 281 g/mol. The average Bonchev–Trinajstić information content (AvgIpc) is 3.02. The predicted octanol–water partition coefficient (Wildman–Crippen LogP) is 4.44. The Balaban J connectivity index is 1.98. The molecule has 0 spiro atoms. The van der Waals surface area contributed by atoms with Crippen molar-refractivity contribution in [1.29, 1.82) is 5.41 Å². The fourth-order valence-electron chi connectivity index (χ4n) is 3.44. The van der Waals surface area contributed by atoms with E-state index >= 15 is 0 Å². The van der Waals surface area contributed by atoms with Crippen molar-refractivity contribution in [3.63, 3.8) is 0 Å². The Bertz CT molecular complexity index is 745. The first-order valence-electron chi connectivity index (χ1n) is 8.11. The molecule has 1 fully saturated rings. The van der Waals surface area contributed by atoms with E-state index in [0.29, 0.717) is 35.3 Å². The molecule has 0 amide bonds. The van der Waals surface area contributed by atoms with Crippen molar-refractivity contribution >= 4 is 11.0 Å². The van der Waals surface area contributed by atoms with Gasteiger partial charge in [-0.2, -0.15) is 0 Å². The molecule has 2 N–H and O–H groups in total. The zero-order valence-electron chi connectivity index (χ0n) is 12.9. The molecule has 4 heteroatoms. The number of halogens is 1. The van der Waals surface area contributed by atoms with Crippen molar-refractivity contribution in [2.24, 2.45) is 5.92 Å². The summed E-state index contributed by atoms with van der Waals surface area (Å²) in [6.45, 7) is 1.90. The predicted molar refractivity (Wildman–Crippen MR) is 83.3 cm³/mol. The van der Waals surface area contributed by atoms with Crippen LogP contribution in [0.3, 0.4) is 0 Å². The summed E-state index contributed by atoms with van der Waals surface area (Å²) in [4.78, 5) is 0. The number of phenolic OH excluding ortho intramolecular Hbond substituents is 1. The molecule has 3 rings (SSSR count). The van der Waals surface area contributed by atoms with Crippen LogP contribution in [0.1, 0.15) is 50.2 Å². The van der Waals surface area contributed by atoms with Crippen molar-refractivity contribution < 1.29 is 13.9 Å². The maximum atomic E-state index is 14.7. The summed E-state index contributed by atoms with van der Waals surface area (Å²) in [6, 6.07) is 3.17. The van der Waals surface area contributed by atoms with Crippen LogP contribution < -0.4 is 5.55 Å². The minimum Gasteiger partial charge on any atom is -0.507 e. The molecule has 1 aliphatic rings. The third-order valence-electron chi connectivity index (χ3n) is 4.80. The first kappa shape index (κ1) is 15.1. The van der Waals surface area contributed by atoms with Crippen LogP contribution in [-0.2, 0) is 12.8 Å². The van der Waals surface area contributed by atoms with E-state index < -0.39 is 5.82 Å². The molecule has 1 aromatic carbocycles. The molecule has 1 aromatic heterocycles. The lowest BCUT2D eigenvalue weighted by atomic mass is 9.97. The Kier molecular flexibility index (Phi) is 4.19. The SMILES string of the molecule is CCc1cc2c(O)cc(CCC3CCCC3)c(F)c2oc1=N. The Hall–Kier alpha value is -1.84. The van der Waals surface area contributed by atoms with E-state index in [-0.39, 0.29) is 16.9 Å². The number of aryl methyl sites for hydroxylation is 2. The van der Waals surface area contributed by atoms with Crippen LogP contribution in [-0.4, -0.2) is 5.11 Å². The van der Waals surface area contributed by atoms with E-state index in [9.17, 15) is 9.50 Å². The quantitative estimate of drug-likeness (QED) is 0.877. The Morgan fingerprint density at radius 1 is 1.27 bits per heavy atom. The second-order valence-electron chi connectivity index (χ2n) is 6.26. The van der Waals surface area contributed by atoms with Crippen molar-refractivity contribution in [1.82, 2.24) is 0 Å². The molecule has 1 aliphatic carbocycles. The van der Waals surface area contributed by atoms with Crippen molar-refractivity contribution in [3.8, 4) is 5.75 Å². The van der Waals surface area contributed by atoms with Crippen LogP contribution in [0.4, 0.5) is 4.39 Å². The molecule has 1 saturated carbocycles. The molecule has 0 radical (unpaired) electrons. The van der Waals surface area contributed by atoms with Gasteiger partial charge >= 0.3 is 0 Å². The van der Waals surface area contributed by atoms with Gasteiger partial charge in [-0.1, -0.05) is 32.6 Å². The second-order valence-corrected chi connectivity index (χ2v) is 6.26. The maximum Gasteiger partial charge on any atom is 0.215 e. The summed E-state index contributed by atoms with van der Waals surface area (Å²) in [5.74, 6) is 0.279. The standard InChI is InChI=1S/C18H22FNO2/c1-2-12-9-14-15(21)10-13(8-7-11-5-3-4-6-11)16(19)17(14)22-18(12)20/h9-11,20-21H,2-8H2,1H3. The summed E-state index contributed by atoms with van der Waals surface area (Å²) in [5, 5.41) is 18.4. The Morgan fingerprint density at radius 3 is 2.68 bits per heavy atom. The number of benzene rings is 1. The number of aromatic hydroxyl groups is 1. The minimum atomic E-state index is -0.429. The lowest BCUT2D eigenvalue weighted by Crippen LogP contribution is -2.07. The van der Waals surface area contributed by atoms with Gasteiger partial charge in [-0.3, -0.25) is 5.41 Å². The first-order chi connectivity index (χ1) is 10.6. The first-order valence-corrected chi connectivity index (χ1v) is 8.11. The number of fused-ring (bicyclic) bond motifs is 1. The zero-order chi connectivity index (χ0) is 15.7. The zero-order valence-corrected chi connectivity index (χ0v) is 12.9. The van der Waals surface area contributed by atoms with Gasteiger partial charge in [0.05, 0.1) is 5.39 Å². The fraction of sp³-hybridized carbons (Fsp3) is 0.500. The molecule has 0 atom stereocenters. The van der Waals surface area contributed by atoms with Gasteiger partial charge in [-0.05, 0) is 42.9 Å². The molecule has 3 nitrogen and oxygen atoms in total. The molecule has 1 heterocycles. The van der Waals surface area contributed by atoms with Gasteiger partial charge in [0.1, 0.15) is 5.75 Å². The lowest BCUT2D eigenvalue weighted by Gasteiger charge is -2.12. The number of nitrogens with one attached hydrogen (secondary N) is 1. The number of hydrogen-bond acceptors (Lipinski definition) is 3. The highest BCUT2D eigenvalue weighted by atomic mass is 19.1. The Morgan fingerprint density at radius 2 is 2.00 bits per heavy atom. The van der Waals surface area contributed by atoms with Crippen molar-refractivity contribution in [2.75, 3.05) is 0 Å². The second kappa shape index (κ2) is 6.11. The van der Waals surface area contributed by atoms with E-state index in [0.717, 1.165) is 6.42 Å². The molecule has 0 aliphatic heterocycles. The van der Waals surface area contributed by atoms with Crippen molar-refractivity contribution in [2.45, 2.75) is 51.9 Å². The Labute approximate surface area is 129 Å². The van der Waals surface area contributed by atoms with E-state index in [1.54, 1.807) is 6.07 Å². The highest BCUT2D eigenvalue weighted by Gasteiger charge is 2.19. The smallest absolute Gasteiger partial charge is 0.215 e. The van der Waals surface area contributed by atoms with Gasteiger partial charge in [0.2, 0.25) is 5.55 Å². The van der Waals surface area contributed by atoms with E-state index in [1.165, 1.54) is 31.7 Å². The number of hydrogen-bond donors (Lipinski definition) is 2. The topological polar surface area (TPSA) is 57.2 Å². The van der Waals surface area contributed by atoms with Crippen LogP contribution in [0.2, 0.25) is 0 Å². The molecule has 0 bridgehead atoms. The lowest BCUT2D eigenvalue weighted by molar-refractivity contribution is 0.458. The maximum absolute atomic E-state index is 14.7. The van der Waals surface area contributed by atoms with E-state index in [4.69, 9.17) is 9.83 Å². The third kappa shape index (κ3) is 2.74. The summed E-state index contributed by atoms with van der Waals surface area (Å²) in [6.07, 6.45) is 7.16. The highest BCUT2D eigenvalue weighted by Crippen LogP contribution is 2.33. The minimum absolute atomic E-state index is 0.00335. The summed E-state index contributed by atoms with van der Waals surface area (Å²) in [7, 11) is 0. The van der Waals surface area contributed by atoms with E-state index in [1.807, 2.05) is 6.92 Å². The van der Waals surface area contributed by atoms with Gasteiger partial charge in [0.15, 0.2) is 11.4 Å². The average molecular weight is 303 g/mol. The van der Waals surface area contributed by atoms with E-state index in [2.05, 4.69) is 0 Å². The highest BCUT2D eigenvalue weighted by molar-refractivity contribution is 5.85. The monoisotopic (exact) mass is 303 g/mol. The molecule has 2 aromatic rings. The number of rotatable bonds is 4. The van der Waals surface area contributed by atoms with Gasteiger partial charge in [-0.15, -0.1) is 0 Å². The molecule has 0 unspecified atom stereocenters. The summed E-state index contributed by atoms with van der Waals surface area (Å²) >= 11 is 0. The molecule has 118 valence electrons. The molecule has 22 heavy (non-hydrogen) atoms. The van der Waals surface area contributed by atoms with Gasteiger partial charge in [0, 0.05) is 5.56 Å². The number of phenols is 1. The van der Waals surface area contributed by atoms with Gasteiger partial charge in [0.25, 0.3) is 0 Å². The fourth-order valence-corrected chi connectivity index (χ4v) is 3.44. The molecular formula is C18H22FNO2. The summed E-state index contributed by atoms with van der Waals surface area (Å²) in [5.41, 5.74) is 1.13. The van der Waals surface area contributed by atoms with Crippen LogP contribution in [0.25, 0.3) is 11.0 Å². The third-order valence-corrected chi connectivity index (χ3v) is 4.80. The summed E-state index contributed by atoms with van der Waals surface area (Å²) < 4.78 is 20.0. The van der Waals surface area contributed by atoms with Crippen LogP contribution in [0, 0.1) is 17.1 Å². The molecule has 0 saturated heterocycles.